The van der Waals surface area contributed by atoms with Crippen LogP contribution < -0.4 is 4.74 Å². The predicted octanol–water partition coefficient (Wildman–Crippen LogP) is 3.93. The number of hydrogen-bond donors (Lipinski definition) is 1. The molecule has 11 heteroatoms. The van der Waals surface area contributed by atoms with Gasteiger partial charge in [-0.1, -0.05) is 17.7 Å². The molecule has 2 aromatic rings. The number of hydrogen-bond acceptors (Lipinski definition) is 6. The van der Waals surface area contributed by atoms with Gasteiger partial charge in [0.25, 0.3) is 0 Å². The van der Waals surface area contributed by atoms with Crippen LogP contribution in [0.15, 0.2) is 30.6 Å². The number of nitriles is 3. The van der Waals surface area contributed by atoms with E-state index in [2.05, 4.69) is 9.84 Å². The van der Waals surface area contributed by atoms with Gasteiger partial charge in [-0.15, -0.1) is 13.2 Å². The number of aromatic nitrogens is 2. The van der Waals surface area contributed by atoms with E-state index in [-0.39, 0.29) is 11.3 Å². The molecule has 2 rings (SSSR count). The van der Waals surface area contributed by atoms with Crippen LogP contribution in [0.4, 0.5) is 13.2 Å². The first-order valence-electron chi connectivity index (χ1n) is 7.92. The highest BCUT2D eigenvalue weighted by Gasteiger charge is 2.36. The van der Waals surface area contributed by atoms with E-state index in [0.717, 1.165) is 12.1 Å². The number of nitrogens with one attached hydrogen (secondary N) is 1. The van der Waals surface area contributed by atoms with Gasteiger partial charge < -0.3 is 10.1 Å². The summed E-state index contributed by atoms with van der Waals surface area (Å²) in [6.07, 6.45) is -2.11. The first-order chi connectivity index (χ1) is 13.6. The molecule has 0 radical (unpaired) electrons. The maximum absolute atomic E-state index is 12.5. The zero-order valence-electron chi connectivity index (χ0n) is 14.8. The second-order valence-electron chi connectivity index (χ2n) is 5.92. The summed E-state index contributed by atoms with van der Waals surface area (Å²) < 4.78 is 42.6. The Labute approximate surface area is 168 Å². The van der Waals surface area contributed by atoms with Crippen molar-refractivity contribution in [3.05, 3.63) is 46.7 Å². The van der Waals surface area contributed by atoms with Crippen molar-refractivity contribution in [1.82, 2.24) is 9.78 Å². The van der Waals surface area contributed by atoms with Crippen LogP contribution in [0.2, 0.25) is 5.02 Å². The third kappa shape index (κ3) is 5.04. The molecule has 2 unspecified atom stereocenters. The van der Waals surface area contributed by atoms with Crippen molar-refractivity contribution in [2.75, 3.05) is 0 Å². The van der Waals surface area contributed by atoms with Crippen molar-refractivity contribution in [1.29, 1.82) is 21.2 Å². The second kappa shape index (κ2) is 8.64. The summed E-state index contributed by atoms with van der Waals surface area (Å²) in [6.45, 7) is 0. The molecule has 1 aromatic carbocycles. The third-order valence-corrected chi connectivity index (χ3v) is 4.32. The number of benzene rings is 1. The normalized spacial score (nSPS) is 13.1. The zero-order valence-corrected chi connectivity index (χ0v) is 15.5. The van der Waals surface area contributed by atoms with Gasteiger partial charge in [-0.25, -0.2) is 0 Å². The van der Waals surface area contributed by atoms with Gasteiger partial charge in [-0.2, -0.15) is 20.9 Å². The molecule has 1 N–H and O–H groups in total. The quantitative estimate of drug-likeness (QED) is 0.709. The Morgan fingerprint density at radius 2 is 1.90 bits per heavy atom. The lowest BCUT2D eigenvalue weighted by Crippen LogP contribution is -2.26. The number of halogens is 4. The van der Waals surface area contributed by atoms with E-state index < -0.39 is 34.9 Å². The largest absolute Gasteiger partial charge is 0.573 e. The Morgan fingerprint density at radius 3 is 2.34 bits per heavy atom. The first-order valence-corrected chi connectivity index (χ1v) is 8.30. The molecule has 1 heterocycles. The average molecular weight is 421 g/mol. The fourth-order valence-corrected chi connectivity index (χ4v) is 2.99. The van der Waals surface area contributed by atoms with Gasteiger partial charge in [-0.05, 0) is 17.7 Å². The summed E-state index contributed by atoms with van der Waals surface area (Å²) >= 11 is 5.88. The van der Waals surface area contributed by atoms with Crippen molar-refractivity contribution in [2.45, 2.75) is 12.3 Å². The van der Waals surface area contributed by atoms with E-state index in [4.69, 9.17) is 17.0 Å². The van der Waals surface area contributed by atoms with Crippen LogP contribution in [-0.4, -0.2) is 21.9 Å². The summed E-state index contributed by atoms with van der Waals surface area (Å²) in [6, 6.07) is 8.65. The lowest BCUT2D eigenvalue weighted by Gasteiger charge is -2.24. The summed E-state index contributed by atoms with van der Waals surface area (Å²) in [4.78, 5) is 0. The van der Waals surface area contributed by atoms with Gasteiger partial charge in [0.05, 0.1) is 41.1 Å². The fraction of sp³-hybridized carbons (Fsp3) is 0.278. The highest BCUT2D eigenvalue weighted by molar-refractivity contribution is 6.32. The lowest BCUT2D eigenvalue weighted by molar-refractivity contribution is -0.274. The van der Waals surface area contributed by atoms with E-state index >= 15 is 0 Å². The smallest absolute Gasteiger partial charge is 0.404 e. The molecule has 2 atom stereocenters. The molecule has 0 aliphatic rings. The molecule has 0 saturated carbocycles. The standard InChI is InChI=1S/C18H12ClF3N6O/c1-28-9-12(8-27-28)17(26)13(7-25)16(11(5-23)6-24)10-2-3-15(14(19)4-10)29-18(20,21)22/h2-4,8-9,11,13,16,26H,1H3. The summed E-state index contributed by atoms with van der Waals surface area (Å²) in [7, 11) is 1.61. The van der Waals surface area contributed by atoms with Gasteiger partial charge in [0.2, 0.25) is 0 Å². The summed E-state index contributed by atoms with van der Waals surface area (Å²) in [5, 5.41) is 40.2. The van der Waals surface area contributed by atoms with Crippen molar-refractivity contribution >= 4 is 17.3 Å². The third-order valence-electron chi connectivity index (χ3n) is 4.03. The molecule has 0 spiro atoms. The Bertz CT molecular complexity index is 1030. The van der Waals surface area contributed by atoms with Crippen LogP contribution in [0.1, 0.15) is 17.0 Å². The Balaban J connectivity index is 2.52. The maximum atomic E-state index is 12.5. The minimum absolute atomic E-state index is 0.151. The van der Waals surface area contributed by atoms with Gasteiger partial charge in [0.1, 0.15) is 11.7 Å². The fourth-order valence-electron chi connectivity index (χ4n) is 2.76. The van der Waals surface area contributed by atoms with Crippen LogP contribution in [0.5, 0.6) is 5.75 Å². The van der Waals surface area contributed by atoms with E-state index in [1.807, 2.05) is 6.07 Å². The van der Waals surface area contributed by atoms with E-state index in [1.54, 1.807) is 19.2 Å². The van der Waals surface area contributed by atoms with Crippen molar-refractivity contribution in [3.63, 3.8) is 0 Å². The molecule has 0 saturated heterocycles. The molecule has 0 aliphatic carbocycles. The van der Waals surface area contributed by atoms with Crippen LogP contribution in [-0.2, 0) is 7.05 Å². The number of alkyl halides is 3. The molecule has 29 heavy (non-hydrogen) atoms. The molecule has 0 amide bonds. The molecular weight excluding hydrogens is 409 g/mol. The van der Waals surface area contributed by atoms with Gasteiger partial charge in [0.15, 0.2) is 0 Å². The second-order valence-corrected chi connectivity index (χ2v) is 6.33. The predicted molar refractivity (Wildman–Crippen MR) is 94.7 cm³/mol. The van der Waals surface area contributed by atoms with Crippen LogP contribution in [0, 0.1) is 51.2 Å². The van der Waals surface area contributed by atoms with Crippen LogP contribution in [0.25, 0.3) is 0 Å². The Kier molecular flexibility index (Phi) is 6.48. The Morgan fingerprint density at radius 1 is 1.24 bits per heavy atom. The minimum Gasteiger partial charge on any atom is -0.404 e. The number of aryl methyl sites for hydroxylation is 1. The summed E-state index contributed by atoms with van der Waals surface area (Å²) in [5.41, 5.74) is 0.271. The maximum Gasteiger partial charge on any atom is 0.573 e. The van der Waals surface area contributed by atoms with Crippen LogP contribution in [0.3, 0.4) is 0 Å². The number of rotatable bonds is 6. The highest BCUT2D eigenvalue weighted by Crippen LogP contribution is 2.38. The molecule has 0 aliphatic heterocycles. The van der Waals surface area contributed by atoms with Gasteiger partial charge >= 0.3 is 6.36 Å². The molecule has 1 aromatic heterocycles. The molecular formula is C18H12ClF3N6O. The lowest BCUT2D eigenvalue weighted by atomic mass is 9.75. The molecule has 7 nitrogen and oxygen atoms in total. The van der Waals surface area contributed by atoms with E-state index in [1.165, 1.54) is 23.1 Å². The highest BCUT2D eigenvalue weighted by atomic mass is 35.5. The average Bonchev–Trinajstić information content (AvgIpc) is 3.09. The number of ether oxygens (including phenoxy) is 1. The minimum atomic E-state index is -4.95. The first kappa shape index (κ1) is 21.7. The van der Waals surface area contributed by atoms with Crippen LogP contribution >= 0.6 is 11.6 Å². The van der Waals surface area contributed by atoms with Crippen molar-refractivity contribution in [2.24, 2.45) is 18.9 Å². The zero-order chi connectivity index (χ0) is 21.8. The Hall–Kier alpha value is -3.55. The monoisotopic (exact) mass is 420 g/mol. The van der Waals surface area contributed by atoms with E-state index in [0.29, 0.717) is 5.56 Å². The number of nitrogens with zero attached hydrogens (tertiary/aromatic N) is 5. The van der Waals surface area contributed by atoms with E-state index in [9.17, 15) is 29.0 Å². The van der Waals surface area contributed by atoms with Gasteiger partial charge in [0, 0.05) is 24.7 Å². The summed E-state index contributed by atoms with van der Waals surface area (Å²) in [5.74, 6) is -4.42. The molecule has 0 fully saturated rings. The van der Waals surface area contributed by atoms with Crippen molar-refractivity contribution in [3.8, 4) is 24.0 Å². The molecule has 0 bridgehead atoms. The SMILES string of the molecule is Cn1cc(C(=N)C(C#N)C(c2ccc(OC(F)(F)F)c(Cl)c2)C(C#N)C#N)cn1. The topological polar surface area (TPSA) is 122 Å². The van der Waals surface area contributed by atoms with Crippen molar-refractivity contribution < 1.29 is 17.9 Å². The molecule has 148 valence electrons. The van der Waals surface area contributed by atoms with Gasteiger partial charge in [-0.3, -0.25) is 4.68 Å².